The molecule has 1 aliphatic rings. The molecule has 1 fully saturated rings. The second kappa shape index (κ2) is 12.4. The van der Waals surface area contributed by atoms with Crippen LogP contribution in [0.15, 0.2) is 48.5 Å². The summed E-state index contributed by atoms with van der Waals surface area (Å²) in [5, 5.41) is 12.9. The van der Waals surface area contributed by atoms with Gasteiger partial charge in [-0.25, -0.2) is 4.79 Å². The molecule has 192 valence electrons. The SMILES string of the molecule is CCOC(=O)C(Nc1cccc(C(=N)N)c1)C(=O)NCC(=O)N1CCN(c2ccccc2OC)CC1. The number of para-hydroxylation sites is 2. The number of amides is 2. The summed E-state index contributed by atoms with van der Waals surface area (Å²) >= 11 is 0. The van der Waals surface area contributed by atoms with E-state index in [-0.39, 0.29) is 24.9 Å². The molecule has 11 nitrogen and oxygen atoms in total. The standard InChI is InChI=1S/C25H32N6O5/c1-3-36-25(34)22(29-18-8-6-7-17(15-18)23(26)27)24(33)28-16-21(32)31-13-11-30(12-14-31)19-9-4-5-10-20(19)35-2/h4-10,15,22,29H,3,11-14,16H2,1-2H3,(H3,26,27)(H,28,33). The zero-order chi connectivity index (χ0) is 26.1. The van der Waals surface area contributed by atoms with E-state index in [9.17, 15) is 14.4 Å². The van der Waals surface area contributed by atoms with Gasteiger partial charge in [0.15, 0.2) is 0 Å². The summed E-state index contributed by atoms with van der Waals surface area (Å²) < 4.78 is 10.5. The maximum atomic E-state index is 12.8. The number of carbonyl (C=O) groups excluding carboxylic acids is 3. The zero-order valence-electron chi connectivity index (χ0n) is 20.5. The third-order valence-corrected chi connectivity index (χ3v) is 5.74. The van der Waals surface area contributed by atoms with Crippen LogP contribution in [0.5, 0.6) is 5.75 Å². The molecule has 2 aromatic carbocycles. The number of amidine groups is 1. The van der Waals surface area contributed by atoms with Gasteiger partial charge in [-0.15, -0.1) is 0 Å². The van der Waals surface area contributed by atoms with Crippen LogP contribution in [0.4, 0.5) is 11.4 Å². The van der Waals surface area contributed by atoms with Gasteiger partial charge in [0.2, 0.25) is 11.9 Å². The van der Waals surface area contributed by atoms with Crippen LogP contribution in [0.3, 0.4) is 0 Å². The molecule has 0 aliphatic carbocycles. The van der Waals surface area contributed by atoms with Crippen molar-refractivity contribution in [3.05, 3.63) is 54.1 Å². The lowest BCUT2D eigenvalue weighted by molar-refractivity contribution is -0.147. The first-order valence-electron chi connectivity index (χ1n) is 11.6. The maximum absolute atomic E-state index is 12.8. The van der Waals surface area contributed by atoms with Gasteiger partial charge in [-0.3, -0.25) is 15.0 Å². The molecule has 0 spiro atoms. The molecule has 1 atom stereocenters. The van der Waals surface area contributed by atoms with E-state index in [2.05, 4.69) is 15.5 Å². The lowest BCUT2D eigenvalue weighted by Gasteiger charge is -2.36. The Morgan fingerprint density at radius 3 is 2.47 bits per heavy atom. The van der Waals surface area contributed by atoms with E-state index < -0.39 is 17.9 Å². The average Bonchev–Trinajstić information content (AvgIpc) is 2.90. The second-order valence-corrected chi connectivity index (χ2v) is 8.08. The van der Waals surface area contributed by atoms with Crippen LogP contribution in [-0.4, -0.2) is 81.0 Å². The van der Waals surface area contributed by atoms with E-state index in [0.717, 1.165) is 11.4 Å². The van der Waals surface area contributed by atoms with E-state index in [4.69, 9.17) is 20.6 Å². The molecule has 1 saturated heterocycles. The summed E-state index contributed by atoms with van der Waals surface area (Å²) in [5.41, 5.74) is 7.34. The largest absolute Gasteiger partial charge is 0.495 e. The van der Waals surface area contributed by atoms with Gasteiger partial charge in [0.25, 0.3) is 5.91 Å². The van der Waals surface area contributed by atoms with E-state index in [1.807, 2.05) is 24.3 Å². The lowest BCUT2D eigenvalue weighted by atomic mass is 10.1. The molecule has 11 heteroatoms. The van der Waals surface area contributed by atoms with Gasteiger partial charge in [0, 0.05) is 37.4 Å². The van der Waals surface area contributed by atoms with E-state index in [1.165, 1.54) is 0 Å². The van der Waals surface area contributed by atoms with Crippen molar-refractivity contribution in [3.8, 4) is 5.75 Å². The molecular weight excluding hydrogens is 464 g/mol. The van der Waals surface area contributed by atoms with E-state index in [1.54, 1.807) is 43.2 Å². The van der Waals surface area contributed by atoms with E-state index >= 15 is 0 Å². The third kappa shape index (κ3) is 6.65. The van der Waals surface area contributed by atoms with Crippen molar-refractivity contribution < 1.29 is 23.9 Å². The number of methoxy groups -OCH3 is 1. The minimum atomic E-state index is -1.37. The first-order chi connectivity index (χ1) is 17.3. The Hall–Kier alpha value is -4.28. The van der Waals surface area contributed by atoms with Gasteiger partial charge >= 0.3 is 5.97 Å². The highest BCUT2D eigenvalue weighted by atomic mass is 16.5. The monoisotopic (exact) mass is 496 g/mol. The summed E-state index contributed by atoms with van der Waals surface area (Å²) in [4.78, 5) is 41.9. The van der Waals surface area contributed by atoms with E-state index in [0.29, 0.717) is 37.4 Å². The topological polar surface area (TPSA) is 150 Å². The fourth-order valence-electron chi connectivity index (χ4n) is 3.86. The van der Waals surface area contributed by atoms with Gasteiger partial charge in [-0.05, 0) is 31.2 Å². The Kier molecular flexibility index (Phi) is 9.09. The molecule has 0 saturated carbocycles. The summed E-state index contributed by atoms with van der Waals surface area (Å²) in [6.07, 6.45) is 0. The highest BCUT2D eigenvalue weighted by Gasteiger charge is 2.29. The molecule has 3 rings (SSSR count). The predicted molar refractivity (Wildman–Crippen MR) is 136 cm³/mol. The summed E-state index contributed by atoms with van der Waals surface area (Å²) in [5.74, 6) is -1.09. The molecule has 2 aromatic rings. The Morgan fingerprint density at radius 1 is 1.08 bits per heavy atom. The molecule has 0 bridgehead atoms. The molecule has 2 amide bonds. The maximum Gasteiger partial charge on any atom is 0.338 e. The van der Waals surface area contributed by atoms with Gasteiger partial charge < -0.3 is 35.6 Å². The number of anilines is 2. The first kappa shape index (κ1) is 26.3. The average molecular weight is 497 g/mol. The Labute approximate surface area is 210 Å². The number of nitrogen functional groups attached to an aromatic ring is 1. The lowest BCUT2D eigenvalue weighted by Crippen LogP contribution is -2.53. The number of piperazine rings is 1. The van der Waals surface area contributed by atoms with Crippen molar-refractivity contribution in [1.29, 1.82) is 5.41 Å². The minimum Gasteiger partial charge on any atom is -0.495 e. The highest BCUT2D eigenvalue weighted by molar-refractivity contribution is 6.05. The molecular formula is C25H32N6O5. The van der Waals surface area contributed by atoms with Crippen LogP contribution < -0.4 is 26.0 Å². The fourth-order valence-corrected chi connectivity index (χ4v) is 3.86. The molecule has 0 radical (unpaired) electrons. The number of hydrogen-bond donors (Lipinski definition) is 4. The molecule has 1 aliphatic heterocycles. The number of ether oxygens (including phenoxy) is 2. The Bertz CT molecular complexity index is 1100. The van der Waals surface area contributed by atoms with Crippen LogP contribution in [0, 0.1) is 5.41 Å². The summed E-state index contributed by atoms with van der Waals surface area (Å²) in [6.45, 7) is 3.70. The third-order valence-electron chi connectivity index (χ3n) is 5.74. The van der Waals surface area contributed by atoms with Gasteiger partial charge in [-0.2, -0.15) is 0 Å². The minimum absolute atomic E-state index is 0.0905. The number of benzene rings is 2. The van der Waals surface area contributed by atoms with Crippen molar-refractivity contribution in [2.75, 3.05) is 56.7 Å². The van der Waals surface area contributed by atoms with Crippen molar-refractivity contribution >= 4 is 35.0 Å². The predicted octanol–water partition coefficient (Wildman–Crippen LogP) is 0.788. The number of nitrogens with one attached hydrogen (secondary N) is 3. The quantitative estimate of drug-likeness (QED) is 0.163. The van der Waals surface area contributed by atoms with Crippen LogP contribution in [-0.2, 0) is 19.1 Å². The summed E-state index contributed by atoms with van der Waals surface area (Å²) in [7, 11) is 1.62. The number of nitrogens with zero attached hydrogens (tertiary/aromatic N) is 2. The van der Waals surface area contributed by atoms with Gasteiger partial charge in [0.05, 0.1) is 25.9 Å². The zero-order valence-corrected chi connectivity index (χ0v) is 20.5. The molecule has 1 unspecified atom stereocenters. The van der Waals surface area contributed by atoms with Crippen molar-refractivity contribution in [2.45, 2.75) is 13.0 Å². The van der Waals surface area contributed by atoms with Crippen molar-refractivity contribution in [1.82, 2.24) is 10.2 Å². The number of nitrogens with two attached hydrogens (primary N) is 1. The number of carbonyl (C=O) groups is 3. The molecule has 0 aromatic heterocycles. The number of rotatable bonds is 10. The molecule has 5 N–H and O–H groups in total. The number of hydrogen-bond acceptors (Lipinski definition) is 8. The Morgan fingerprint density at radius 2 is 1.81 bits per heavy atom. The first-order valence-corrected chi connectivity index (χ1v) is 11.6. The molecule has 1 heterocycles. The van der Waals surface area contributed by atoms with Crippen LogP contribution in [0.2, 0.25) is 0 Å². The van der Waals surface area contributed by atoms with Crippen LogP contribution in [0.25, 0.3) is 0 Å². The van der Waals surface area contributed by atoms with Crippen molar-refractivity contribution in [2.24, 2.45) is 5.73 Å². The van der Waals surface area contributed by atoms with Gasteiger partial charge in [0.1, 0.15) is 11.6 Å². The van der Waals surface area contributed by atoms with Crippen LogP contribution in [0.1, 0.15) is 12.5 Å². The number of esters is 1. The molecule has 36 heavy (non-hydrogen) atoms. The Balaban J connectivity index is 1.57. The second-order valence-electron chi connectivity index (χ2n) is 8.08. The smallest absolute Gasteiger partial charge is 0.338 e. The normalized spacial score (nSPS) is 13.9. The van der Waals surface area contributed by atoms with Crippen molar-refractivity contribution in [3.63, 3.8) is 0 Å². The highest BCUT2D eigenvalue weighted by Crippen LogP contribution is 2.28. The fraction of sp³-hybridized carbons (Fsp3) is 0.360. The van der Waals surface area contributed by atoms with Gasteiger partial charge in [-0.1, -0.05) is 24.3 Å². The summed E-state index contributed by atoms with van der Waals surface area (Å²) in [6, 6.07) is 12.8. The van der Waals surface area contributed by atoms with Crippen LogP contribution >= 0.6 is 0 Å².